The first kappa shape index (κ1) is 14.4. The zero-order chi connectivity index (χ0) is 13.5. The number of nitrogens with one attached hydrogen (secondary N) is 2. The van der Waals surface area contributed by atoms with Crippen LogP contribution in [0.4, 0.5) is 4.79 Å². The topological polar surface area (TPSA) is 112 Å². The number of carboxylic acid groups (broad SMARTS) is 1. The summed E-state index contributed by atoms with van der Waals surface area (Å²) in [5.74, 6) is -1.30. The van der Waals surface area contributed by atoms with Crippen molar-refractivity contribution in [2.24, 2.45) is 0 Å². The highest BCUT2D eigenvalue weighted by atomic mass is 32.1. The van der Waals surface area contributed by atoms with E-state index in [2.05, 4.69) is 15.6 Å². The van der Waals surface area contributed by atoms with Crippen molar-refractivity contribution < 1.29 is 19.8 Å². The summed E-state index contributed by atoms with van der Waals surface area (Å²) in [6.45, 7) is 2.29. The van der Waals surface area contributed by atoms with Crippen LogP contribution in [0.1, 0.15) is 17.1 Å². The van der Waals surface area contributed by atoms with Crippen molar-refractivity contribution in [2.75, 3.05) is 6.54 Å². The Hall–Kier alpha value is -1.67. The van der Waals surface area contributed by atoms with Gasteiger partial charge in [0.05, 0.1) is 6.54 Å². The zero-order valence-corrected chi connectivity index (χ0v) is 10.7. The van der Waals surface area contributed by atoms with Crippen LogP contribution in [0.3, 0.4) is 0 Å². The Kier molecular flexibility index (Phi) is 5.53. The molecule has 8 heteroatoms. The van der Waals surface area contributed by atoms with Gasteiger partial charge in [-0.25, -0.2) is 14.6 Å². The Morgan fingerprint density at radius 1 is 1.50 bits per heavy atom. The third-order valence-corrected chi connectivity index (χ3v) is 3.02. The second kappa shape index (κ2) is 6.92. The fourth-order valence-corrected chi connectivity index (χ4v) is 1.86. The Labute approximate surface area is 108 Å². The molecule has 0 aliphatic carbocycles. The lowest BCUT2D eigenvalue weighted by Crippen LogP contribution is -2.37. The van der Waals surface area contributed by atoms with Gasteiger partial charge in [-0.1, -0.05) is 0 Å². The predicted molar refractivity (Wildman–Crippen MR) is 65.3 cm³/mol. The summed E-state index contributed by atoms with van der Waals surface area (Å²) in [4.78, 5) is 25.8. The SMILES string of the molecule is Cc1csc(CNC(=O)NCCC(O)C(=O)O)n1. The molecular formula is C10H15N3O4S. The van der Waals surface area contributed by atoms with Gasteiger partial charge >= 0.3 is 12.0 Å². The summed E-state index contributed by atoms with van der Waals surface area (Å²) in [7, 11) is 0. The van der Waals surface area contributed by atoms with Crippen molar-refractivity contribution >= 4 is 23.3 Å². The van der Waals surface area contributed by atoms with E-state index in [9.17, 15) is 9.59 Å². The van der Waals surface area contributed by atoms with Crippen LogP contribution in [-0.2, 0) is 11.3 Å². The van der Waals surface area contributed by atoms with E-state index in [1.54, 1.807) is 0 Å². The number of thiazole rings is 1. The number of hydrogen-bond donors (Lipinski definition) is 4. The molecule has 0 aromatic carbocycles. The average Bonchev–Trinajstić information content (AvgIpc) is 2.72. The normalized spacial score (nSPS) is 11.9. The van der Waals surface area contributed by atoms with Gasteiger partial charge in [0.1, 0.15) is 5.01 Å². The first-order chi connectivity index (χ1) is 8.49. The van der Waals surface area contributed by atoms with Gasteiger partial charge in [0.25, 0.3) is 0 Å². The van der Waals surface area contributed by atoms with Crippen molar-refractivity contribution in [3.8, 4) is 0 Å². The average molecular weight is 273 g/mol. The highest BCUT2D eigenvalue weighted by Gasteiger charge is 2.12. The van der Waals surface area contributed by atoms with Crippen LogP contribution in [-0.4, -0.2) is 39.8 Å². The van der Waals surface area contributed by atoms with E-state index in [1.165, 1.54) is 11.3 Å². The molecule has 0 fully saturated rings. The van der Waals surface area contributed by atoms with Gasteiger partial charge < -0.3 is 20.8 Å². The second-order valence-electron chi connectivity index (χ2n) is 3.63. The van der Waals surface area contributed by atoms with E-state index in [1.807, 2.05) is 12.3 Å². The molecule has 2 amide bonds. The van der Waals surface area contributed by atoms with Gasteiger partial charge in [-0.15, -0.1) is 11.3 Å². The van der Waals surface area contributed by atoms with Crippen LogP contribution in [0, 0.1) is 6.92 Å². The maximum Gasteiger partial charge on any atom is 0.332 e. The third-order valence-electron chi connectivity index (χ3n) is 2.06. The minimum absolute atomic E-state index is 0.0287. The molecule has 0 bridgehead atoms. The number of aliphatic hydroxyl groups excluding tert-OH is 1. The number of carbonyl (C=O) groups is 2. The van der Waals surface area contributed by atoms with Gasteiger partial charge in [-0.3, -0.25) is 0 Å². The standard InChI is InChI=1S/C10H15N3O4S/c1-6-5-18-8(13-6)4-12-10(17)11-3-2-7(14)9(15)16/h5,7,14H,2-4H2,1H3,(H,15,16)(H2,11,12,17). The maximum absolute atomic E-state index is 11.3. The second-order valence-corrected chi connectivity index (χ2v) is 4.58. The summed E-state index contributed by atoms with van der Waals surface area (Å²) >= 11 is 1.45. The summed E-state index contributed by atoms with van der Waals surface area (Å²) in [6.07, 6.45) is -1.48. The molecule has 1 aromatic heterocycles. The fourth-order valence-electron chi connectivity index (χ4n) is 1.15. The lowest BCUT2D eigenvalue weighted by Gasteiger charge is -2.07. The Morgan fingerprint density at radius 2 is 2.22 bits per heavy atom. The Morgan fingerprint density at radius 3 is 2.78 bits per heavy atom. The molecule has 1 unspecified atom stereocenters. The van der Waals surface area contributed by atoms with Gasteiger partial charge in [-0.2, -0.15) is 0 Å². The van der Waals surface area contributed by atoms with E-state index in [0.29, 0.717) is 6.54 Å². The molecule has 0 radical (unpaired) electrons. The molecule has 0 spiro atoms. The lowest BCUT2D eigenvalue weighted by molar-refractivity contribution is -0.146. The minimum Gasteiger partial charge on any atom is -0.479 e. The molecule has 4 N–H and O–H groups in total. The number of amides is 2. The maximum atomic E-state index is 11.3. The van der Waals surface area contributed by atoms with Crippen LogP contribution in [0.25, 0.3) is 0 Å². The lowest BCUT2D eigenvalue weighted by atomic mass is 10.2. The van der Waals surface area contributed by atoms with E-state index in [-0.39, 0.29) is 13.0 Å². The summed E-state index contributed by atoms with van der Waals surface area (Å²) in [5.41, 5.74) is 0.904. The number of aliphatic carboxylic acids is 1. The zero-order valence-electron chi connectivity index (χ0n) is 9.84. The van der Waals surface area contributed by atoms with E-state index in [0.717, 1.165) is 10.7 Å². The van der Waals surface area contributed by atoms with Crippen molar-refractivity contribution in [3.63, 3.8) is 0 Å². The number of carboxylic acids is 1. The molecule has 7 nitrogen and oxygen atoms in total. The number of aliphatic hydroxyl groups is 1. The molecule has 0 saturated heterocycles. The smallest absolute Gasteiger partial charge is 0.332 e. The van der Waals surface area contributed by atoms with E-state index < -0.39 is 18.1 Å². The summed E-state index contributed by atoms with van der Waals surface area (Å²) < 4.78 is 0. The molecule has 1 rings (SSSR count). The number of aryl methyl sites for hydroxylation is 1. The monoisotopic (exact) mass is 273 g/mol. The van der Waals surface area contributed by atoms with Gasteiger partial charge in [-0.05, 0) is 6.92 Å². The number of aromatic nitrogens is 1. The van der Waals surface area contributed by atoms with Crippen molar-refractivity contribution in [2.45, 2.75) is 26.0 Å². The Bertz CT molecular complexity index is 421. The highest BCUT2D eigenvalue weighted by Crippen LogP contribution is 2.07. The number of rotatable bonds is 6. The van der Waals surface area contributed by atoms with Crippen LogP contribution >= 0.6 is 11.3 Å². The number of nitrogens with zero attached hydrogens (tertiary/aromatic N) is 1. The molecule has 1 heterocycles. The Balaban J connectivity index is 2.16. The van der Waals surface area contributed by atoms with Gasteiger partial charge in [0, 0.05) is 24.0 Å². The number of urea groups is 1. The largest absolute Gasteiger partial charge is 0.479 e. The van der Waals surface area contributed by atoms with Crippen molar-refractivity contribution in [3.05, 3.63) is 16.1 Å². The molecule has 0 saturated carbocycles. The molecule has 1 atom stereocenters. The summed E-state index contributed by atoms with van der Waals surface area (Å²) in [6, 6.07) is -0.416. The van der Waals surface area contributed by atoms with E-state index in [4.69, 9.17) is 10.2 Å². The van der Waals surface area contributed by atoms with Crippen LogP contribution in [0.15, 0.2) is 5.38 Å². The third kappa shape index (κ3) is 5.11. The van der Waals surface area contributed by atoms with E-state index >= 15 is 0 Å². The summed E-state index contributed by atoms with van der Waals surface area (Å²) in [5, 5.41) is 25.1. The molecule has 0 aliphatic rings. The number of carbonyl (C=O) groups excluding carboxylic acids is 1. The van der Waals surface area contributed by atoms with Crippen LogP contribution in [0.5, 0.6) is 0 Å². The molecule has 1 aromatic rings. The molecule has 100 valence electrons. The first-order valence-corrected chi connectivity index (χ1v) is 6.20. The molecule has 0 aliphatic heterocycles. The van der Waals surface area contributed by atoms with Gasteiger partial charge in [0.2, 0.25) is 0 Å². The number of hydrogen-bond acceptors (Lipinski definition) is 5. The fraction of sp³-hybridized carbons (Fsp3) is 0.500. The predicted octanol–water partition coefficient (Wildman–Crippen LogP) is 0.0863. The van der Waals surface area contributed by atoms with Crippen molar-refractivity contribution in [1.29, 1.82) is 0 Å². The molecular weight excluding hydrogens is 258 g/mol. The molecule has 18 heavy (non-hydrogen) atoms. The van der Waals surface area contributed by atoms with Crippen LogP contribution < -0.4 is 10.6 Å². The highest BCUT2D eigenvalue weighted by molar-refractivity contribution is 7.09. The minimum atomic E-state index is -1.45. The quantitative estimate of drug-likeness (QED) is 0.587. The van der Waals surface area contributed by atoms with Gasteiger partial charge in [0.15, 0.2) is 6.10 Å². The van der Waals surface area contributed by atoms with Crippen molar-refractivity contribution in [1.82, 2.24) is 15.6 Å². The first-order valence-electron chi connectivity index (χ1n) is 5.32. The van der Waals surface area contributed by atoms with Crippen LogP contribution in [0.2, 0.25) is 0 Å².